The number of aliphatic hydroxyl groups excluding tert-OH is 1. The molecule has 1 aromatic rings. The Morgan fingerprint density at radius 1 is 1.36 bits per heavy atom. The molecule has 0 aliphatic rings. The van der Waals surface area contributed by atoms with Crippen LogP contribution in [-0.2, 0) is 6.42 Å². The van der Waals surface area contributed by atoms with Crippen molar-refractivity contribution in [2.45, 2.75) is 32.3 Å². The molecule has 1 rings (SSSR count). The maximum Gasteiger partial charge on any atom is 0.0577 e. The summed E-state index contributed by atoms with van der Waals surface area (Å²) in [4.78, 5) is 0. The third kappa shape index (κ3) is 3.75. The molecule has 1 unspecified atom stereocenters. The van der Waals surface area contributed by atoms with E-state index in [-0.39, 0.29) is 6.10 Å². The fraction of sp³-hybridized carbons (Fsp3) is 0.385. The fourth-order valence-corrected chi connectivity index (χ4v) is 1.40. The first-order valence-electron chi connectivity index (χ1n) is 5.07. The van der Waals surface area contributed by atoms with Crippen LogP contribution in [0.1, 0.15) is 24.0 Å². The first-order valence-corrected chi connectivity index (χ1v) is 5.07. The maximum atomic E-state index is 9.49. The molecule has 0 spiro atoms. The van der Waals surface area contributed by atoms with Crippen molar-refractivity contribution in [3.8, 4) is 0 Å². The van der Waals surface area contributed by atoms with E-state index in [1.165, 1.54) is 11.1 Å². The zero-order valence-electron chi connectivity index (χ0n) is 8.74. The Balaban J connectivity index is 2.37. The van der Waals surface area contributed by atoms with Gasteiger partial charge in [0.05, 0.1) is 6.10 Å². The third-order valence-electron chi connectivity index (χ3n) is 2.33. The summed E-state index contributed by atoms with van der Waals surface area (Å²) in [7, 11) is 0. The van der Waals surface area contributed by atoms with E-state index < -0.39 is 0 Å². The predicted molar refractivity (Wildman–Crippen MR) is 60.3 cm³/mol. The van der Waals surface area contributed by atoms with Gasteiger partial charge in [-0.15, -0.1) is 6.58 Å². The van der Waals surface area contributed by atoms with Crippen LogP contribution in [0, 0.1) is 6.92 Å². The number of benzene rings is 1. The molecule has 0 bridgehead atoms. The molecule has 1 nitrogen and oxygen atoms in total. The molecule has 1 heteroatoms. The molecule has 14 heavy (non-hydrogen) atoms. The largest absolute Gasteiger partial charge is 0.393 e. The number of aliphatic hydroxyl groups is 1. The molecular formula is C13H18O. The molecular weight excluding hydrogens is 172 g/mol. The second-order valence-electron chi connectivity index (χ2n) is 3.70. The van der Waals surface area contributed by atoms with Crippen molar-refractivity contribution in [3.05, 3.63) is 48.0 Å². The van der Waals surface area contributed by atoms with Crippen molar-refractivity contribution in [3.63, 3.8) is 0 Å². The highest BCUT2D eigenvalue weighted by molar-refractivity contribution is 5.21. The van der Waals surface area contributed by atoms with Crippen LogP contribution < -0.4 is 0 Å². The Labute approximate surface area is 86.1 Å². The number of hydrogen-bond donors (Lipinski definition) is 1. The summed E-state index contributed by atoms with van der Waals surface area (Å²) in [6.07, 6.45) is 3.96. The number of hydrogen-bond acceptors (Lipinski definition) is 1. The van der Waals surface area contributed by atoms with E-state index in [0.29, 0.717) is 6.42 Å². The number of aryl methyl sites for hydroxylation is 2. The molecule has 76 valence electrons. The Bertz CT molecular complexity index is 274. The zero-order valence-corrected chi connectivity index (χ0v) is 8.74. The van der Waals surface area contributed by atoms with Crippen LogP contribution in [0.3, 0.4) is 0 Å². The second kappa shape index (κ2) is 5.61. The molecule has 1 atom stereocenters. The summed E-state index contributed by atoms with van der Waals surface area (Å²) in [5.41, 5.74) is 2.57. The van der Waals surface area contributed by atoms with E-state index in [0.717, 1.165) is 12.8 Å². The number of rotatable bonds is 5. The van der Waals surface area contributed by atoms with Gasteiger partial charge in [-0.2, -0.15) is 0 Å². The van der Waals surface area contributed by atoms with Crippen molar-refractivity contribution in [1.29, 1.82) is 0 Å². The molecule has 0 aliphatic heterocycles. The highest BCUT2D eigenvalue weighted by Crippen LogP contribution is 2.08. The predicted octanol–water partition coefficient (Wildman–Crippen LogP) is 2.86. The van der Waals surface area contributed by atoms with Gasteiger partial charge in [-0.3, -0.25) is 0 Å². The standard InChI is InChI=1S/C13H18O/c1-3-4-13(14)10-9-12-7-5-11(2)6-8-12/h3,5-8,13-14H,1,4,9-10H2,2H3. The molecule has 0 radical (unpaired) electrons. The summed E-state index contributed by atoms with van der Waals surface area (Å²) in [6.45, 7) is 5.69. The minimum absolute atomic E-state index is 0.242. The minimum atomic E-state index is -0.242. The Morgan fingerprint density at radius 2 is 2.00 bits per heavy atom. The van der Waals surface area contributed by atoms with E-state index in [1.807, 2.05) is 0 Å². The van der Waals surface area contributed by atoms with Crippen LogP contribution in [0.2, 0.25) is 0 Å². The van der Waals surface area contributed by atoms with Crippen molar-refractivity contribution in [1.82, 2.24) is 0 Å². The van der Waals surface area contributed by atoms with Gasteiger partial charge in [0.25, 0.3) is 0 Å². The van der Waals surface area contributed by atoms with Gasteiger partial charge in [-0.1, -0.05) is 35.9 Å². The van der Waals surface area contributed by atoms with E-state index in [1.54, 1.807) is 6.08 Å². The normalized spacial score (nSPS) is 12.4. The summed E-state index contributed by atoms with van der Waals surface area (Å²) < 4.78 is 0. The van der Waals surface area contributed by atoms with Gasteiger partial charge in [0.2, 0.25) is 0 Å². The van der Waals surface area contributed by atoms with Crippen LogP contribution >= 0.6 is 0 Å². The zero-order chi connectivity index (χ0) is 10.4. The van der Waals surface area contributed by atoms with Crippen molar-refractivity contribution in [2.24, 2.45) is 0 Å². The summed E-state index contributed by atoms with van der Waals surface area (Å²) in [5.74, 6) is 0. The summed E-state index contributed by atoms with van der Waals surface area (Å²) in [5, 5.41) is 9.49. The molecule has 0 amide bonds. The molecule has 1 N–H and O–H groups in total. The Morgan fingerprint density at radius 3 is 2.57 bits per heavy atom. The average molecular weight is 190 g/mol. The van der Waals surface area contributed by atoms with Crippen LogP contribution in [0.4, 0.5) is 0 Å². The first kappa shape index (κ1) is 11.0. The summed E-state index contributed by atoms with van der Waals surface area (Å²) in [6, 6.07) is 8.45. The average Bonchev–Trinajstić information content (AvgIpc) is 2.17. The monoisotopic (exact) mass is 190 g/mol. The lowest BCUT2D eigenvalue weighted by atomic mass is 10.0. The van der Waals surface area contributed by atoms with E-state index in [9.17, 15) is 5.11 Å². The van der Waals surface area contributed by atoms with E-state index >= 15 is 0 Å². The lowest BCUT2D eigenvalue weighted by Crippen LogP contribution is -2.06. The van der Waals surface area contributed by atoms with E-state index in [2.05, 4.69) is 37.8 Å². The van der Waals surface area contributed by atoms with Gasteiger partial charge < -0.3 is 5.11 Å². The van der Waals surface area contributed by atoms with Gasteiger partial charge >= 0.3 is 0 Å². The first-order chi connectivity index (χ1) is 6.72. The van der Waals surface area contributed by atoms with Crippen LogP contribution in [0.5, 0.6) is 0 Å². The maximum absolute atomic E-state index is 9.49. The van der Waals surface area contributed by atoms with Crippen LogP contribution in [-0.4, -0.2) is 11.2 Å². The minimum Gasteiger partial charge on any atom is -0.393 e. The van der Waals surface area contributed by atoms with Crippen LogP contribution in [0.15, 0.2) is 36.9 Å². The van der Waals surface area contributed by atoms with Gasteiger partial charge in [0.15, 0.2) is 0 Å². The second-order valence-corrected chi connectivity index (χ2v) is 3.70. The molecule has 0 heterocycles. The molecule has 0 saturated heterocycles. The van der Waals surface area contributed by atoms with Crippen molar-refractivity contribution >= 4 is 0 Å². The lowest BCUT2D eigenvalue weighted by Gasteiger charge is -2.07. The van der Waals surface area contributed by atoms with Gasteiger partial charge in [-0.05, 0) is 31.7 Å². The highest BCUT2D eigenvalue weighted by Gasteiger charge is 2.01. The van der Waals surface area contributed by atoms with Gasteiger partial charge in [0.1, 0.15) is 0 Å². The van der Waals surface area contributed by atoms with Gasteiger partial charge in [-0.25, -0.2) is 0 Å². The highest BCUT2D eigenvalue weighted by atomic mass is 16.3. The van der Waals surface area contributed by atoms with Crippen molar-refractivity contribution < 1.29 is 5.11 Å². The van der Waals surface area contributed by atoms with Gasteiger partial charge in [0, 0.05) is 0 Å². The molecule has 0 aliphatic carbocycles. The molecule has 0 fully saturated rings. The Hall–Kier alpha value is -1.08. The lowest BCUT2D eigenvalue weighted by molar-refractivity contribution is 0.168. The fourth-order valence-electron chi connectivity index (χ4n) is 1.40. The Kier molecular flexibility index (Phi) is 4.41. The molecule has 0 aromatic heterocycles. The topological polar surface area (TPSA) is 20.2 Å². The quantitative estimate of drug-likeness (QED) is 0.708. The van der Waals surface area contributed by atoms with Crippen molar-refractivity contribution in [2.75, 3.05) is 0 Å². The van der Waals surface area contributed by atoms with E-state index in [4.69, 9.17) is 0 Å². The molecule has 0 saturated carbocycles. The smallest absolute Gasteiger partial charge is 0.0577 e. The van der Waals surface area contributed by atoms with Crippen LogP contribution in [0.25, 0.3) is 0 Å². The SMILES string of the molecule is C=CCC(O)CCc1ccc(C)cc1. The molecule has 1 aromatic carbocycles. The third-order valence-corrected chi connectivity index (χ3v) is 2.33. The summed E-state index contributed by atoms with van der Waals surface area (Å²) >= 11 is 0.